The van der Waals surface area contributed by atoms with Crippen LogP contribution in [0.2, 0.25) is 0 Å². The molecule has 4 atom stereocenters. The molecular weight excluding hydrogens is 360 g/mol. The number of carbonyl (C=O) groups is 3. The molecule has 0 unspecified atom stereocenters. The van der Waals surface area contributed by atoms with Crippen molar-refractivity contribution in [2.24, 2.45) is 11.8 Å². The van der Waals surface area contributed by atoms with Crippen LogP contribution in [0.1, 0.15) is 24.1 Å². The molecule has 2 aliphatic rings. The maximum atomic E-state index is 12.8. The van der Waals surface area contributed by atoms with Crippen LogP contribution in [0.4, 0.5) is 0 Å². The Hall–Kier alpha value is -3.00. The number of nitrogens with one attached hydrogen (secondary N) is 1. The Morgan fingerprint density at radius 2 is 2.04 bits per heavy atom. The number of aryl methyl sites for hydroxylation is 1. The Bertz CT molecular complexity index is 971. The highest BCUT2D eigenvalue weighted by Crippen LogP contribution is 2.49. The standard InChI is InChI=1S/C20H22N4O4/c1-11-10-12(24-9-5-8-21-24)6-7-13(11)16-14-15(18(26)23(3)17(14)25)20(2,22-16)19(27)28-4/h5-10,14-16,22H,1-4H3/t14-,15-,16-,20-/m0/s1. The molecule has 8 nitrogen and oxygen atoms in total. The van der Waals surface area contributed by atoms with Crippen molar-refractivity contribution in [3.8, 4) is 5.69 Å². The van der Waals surface area contributed by atoms with E-state index in [-0.39, 0.29) is 11.8 Å². The van der Waals surface area contributed by atoms with Crippen LogP contribution in [0.25, 0.3) is 5.69 Å². The molecule has 146 valence electrons. The van der Waals surface area contributed by atoms with Crippen molar-refractivity contribution >= 4 is 17.8 Å². The molecule has 0 bridgehead atoms. The summed E-state index contributed by atoms with van der Waals surface area (Å²) in [6.45, 7) is 3.58. The summed E-state index contributed by atoms with van der Waals surface area (Å²) in [5.41, 5.74) is 1.43. The molecule has 1 aromatic heterocycles. The monoisotopic (exact) mass is 382 g/mol. The zero-order chi connectivity index (χ0) is 20.2. The highest BCUT2D eigenvalue weighted by molar-refractivity contribution is 6.09. The molecule has 2 saturated heterocycles. The first kappa shape index (κ1) is 18.4. The second-order valence-corrected chi connectivity index (χ2v) is 7.55. The number of likely N-dealkylation sites (tertiary alicyclic amines) is 1. The number of hydrogen-bond donors (Lipinski definition) is 1. The molecular formula is C20H22N4O4. The van der Waals surface area contributed by atoms with Crippen LogP contribution in [-0.4, -0.2) is 52.2 Å². The Morgan fingerprint density at radius 3 is 2.64 bits per heavy atom. The van der Waals surface area contributed by atoms with Gasteiger partial charge in [0.2, 0.25) is 11.8 Å². The first-order valence-electron chi connectivity index (χ1n) is 9.07. The van der Waals surface area contributed by atoms with Crippen LogP contribution in [0.5, 0.6) is 0 Å². The molecule has 28 heavy (non-hydrogen) atoms. The fourth-order valence-electron chi connectivity index (χ4n) is 4.52. The number of rotatable bonds is 3. The normalized spacial score (nSPS) is 29.3. The summed E-state index contributed by atoms with van der Waals surface area (Å²) >= 11 is 0. The van der Waals surface area contributed by atoms with Crippen molar-refractivity contribution in [1.29, 1.82) is 0 Å². The van der Waals surface area contributed by atoms with Gasteiger partial charge in [-0.2, -0.15) is 5.10 Å². The molecule has 0 spiro atoms. The lowest BCUT2D eigenvalue weighted by molar-refractivity contribution is -0.152. The van der Waals surface area contributed by atoms with E-state index in [2.05, 4.69) is 10.4 Å². The second-order valence-electron chi connectivity index (χ2n) is 7.55. The molecule has 2 aromatic rings. The van der Waals surface area contributed by atoms with E-state index >= 15 is 0 Å². The minimum Gasteiger partial charge on any atom is -0.468 e. The van der Waals surface area contributed by atoms with Crippen LogP contribution in [0.3, 0.4) is 0 Å². The van der Waals surface area contributed by atoms with E-state index in [0.717, 1.165) is 21.7 Å². The summed E-state index contributed by atoms with van der Waals surface area (Å²) in [5.74, 6) is -2.64. The first-order chi connectivity index (χ1) is 13.3. The predicted molar refractivity (Wildman–Crippen MR) is 99.4 cm³/mol. The summed E-state index contributed by atoms with van der Waals surface area (Å²) in [7, 11) is 2.75. The first-order valence-corrected chi connectivity index (χ1v) is 9.07. The van der Waals surface area contributed by atoms with Gasteiger partial charge in [0.15, 0.2) is 0 Å². The van der Waals surface area contributed by atoms with Gasteiger partial charge >= 0.3 is 5.97 Å². The van der Waals surface area contributed by atoms with Gasteiger partial charge in [-0.05, 0) is 43.2 Å². The number of benzene rings is 1. The van der Waals surface area contributed by atoms with E-state index in [0.29, 0.717) is 0 Å². The summed E-state index contributed by atoms with van der Waals surface area (Å²) in [6.07, 6.45) is 3.55. The van der Waals surface area contributed by atoms with Gasteiger partial charge in [-0.15, -0.1) is 0 Å². The molecule has 2 amide bonds. The quantitative estimate of drug-likeness (QED) is 0.629. The van der Waals surface area contributed by atoms with Gasteiger partial charge in [-0.1, -0.05) is 6.07 Å². The highest BCUT2D eigenvalue weighted by Gasteiger charge is 2.66. The van der Waals surface area contributed by atoms with Crippen molar-refractivity contribution in [2.45, 2.75) is 25.4 Å². The summed E-state index contributed by atoms with van der Waals surface area (Å²) in [4.78, 5) is 39.2. The van der Waals surface area contributed by atoms with Crippen LogP contribution in [0.15, 0.2) is 36.7 Å². The number of nitrogens with zero attached hydrogens (tertiary/aromatic N) is 3. The molecule has 0 radical (unpaired) electrons. The van der Waals surface area contributed by atoms with Gasteiger partial charge in [-0.25, -0.2) is 4.68 Å². The number of hydrogen-bond acceptors (Lipinski definition) is 6. The third kappa shape index (κ3) is 2.41. The number of esters is 1. The van der Waals surface area contributed by atoms with Crippen LogP contribution in [-0.2, 0) is 19.1 Å². The van der Waals surface area contributed by atoms with Crippen LogP contribution in [0, 0.1) is 18.8 Å². The molecule has 0 aliphatic carbocycles. The Kier molecular flexibility index (Phi) is 4.11. The van der Waals surface area contributed by atoms with E-state index in [9.17, 15) is 14.4 Å². The van der Waals surface area contributed by atoms with E-state index in [1.807, 2.05) is 37.4 Å². The maximum Gasteiger partial charge on any atom is 0.326 e. The zero-order valence-electron chi connectivity index (χ0n) is 16.2. The molecule has 1 aromatic carbocycles. The Balaban J connectivity index is 1.78. The molecule has 1 N–H and O–H groups in total. The van der Waals surface area contributed by atoms with Crippen molar-refractivity contribution in [1.82, 2.24) is 20.0 Å². The number of amides is 2. The Morgan fingerprint density at radius 1 is 1.29 bits per heavy atom. The van der Waals surface area contributed by atoms with Gasteiger partial charge in [-0.3, -0.25) is 24.6 Å². The SMILES string of the molecule is COC(=O)[C@@]1(C)N[C@@H](c2ccc(-n3cccn3)cc2C)[C@H]2C(=O)N(C)C(=O)[C@H]21. The lowest BCUT2D eigenvalue weighted by Crippen LogP contribution is -2.53. The van der Waals surface area contributed by atoms with E-state index in [1.165, 1.54) is 14.2 Å². The van der Waals surface area contributed by atoms with Crippen LogP contribution < -0.4 is 5.32 Å². The minimum atomic E-state index is -1.27. The van der Waals surface area contributed by atoms with Crippen LogP contribution >= 0.6 is 0 Å². The summed E-state index contributed by atoms with van der Waals surface area (Å²) < 4.78 is 6.70. The smallest absolute Gasteiger partial charge is 0.326 e. The van der Waals surface area contributed by atoms with Crippen molar-refractivity contribution < 1.29 is 19.1 Å². The van der Waals surface area contributed by atoms with Crippen molar-refractivity contribution in [3.05, 3.63) is 47.8 Å². The van der Waals surface area contributed by atoms with E-state index in [4.69, 9.17) is 4.74 Å². The molecule has 2 aliphatic heterocycles. The van der Waals surface area contributed by atoms with Gasteiger partial charge in [0.25, 0.3) is 0 Å². The lowest BCUT2D eigenvalue weighted by atomic mass is 9.80. The van der Waals surface area contributed by atoms with E-state index < -0.39 is 29.4 Å². The Labute approximate surface area is 162 Å². The third-order valence-corrected chi connectivity index (χ3v) is 5.97. The van der Waals surface area contributed by atoms with Crippen molar-refractivity contribution in [3.63, 3.8) is 0 Å². The lowest BCUT2D eigenvalue weighted by Gasteiger charge is -2.28. The minimum absolute atomic E-state index is 0.282. The largest absolute Gasteiger partial charge is 0.468 e. The third-order valence-electron chi connectivity index (χ3n) is 5.97. The maximum absolute atomic E-state index is 12.8. The number of fused-ring (bicyclic) bond motifs is 1. The number of carbonyl (C=O) groups excluding carboxylic acids is 3. The molecule has 0 saturated carbocycles. The number of ether oxygens (including phenoxy) is 1. The topological polar surface area (TPSA) is 93.5 Å². The summed E-state index contributed by atoms with van der Waals surface area (Å²) in [6, 6.07) is 7.16. The zero-order valence-corrected chi connectivity index (χ0v) is 16.2. The molecule has 4 rings (SSSR count). The van der Waals surface area contributed by atoms with Gasteiger partial charge < -0.3 is 4.74 Å². The number of aromatic nitrogens is 2. The molecule has 8 heteroatoms. The van der Waals surface area contributed by atoms with Crippen molar-refractivity contribution in [2.75, 3.05) is 14.2 Å². The average molecular weight is 382 g/mol. The van der Waals surface area contributed by atoms with Gasteiger partial charge in [0.1, 0.15) is 5.54 Å². The second kappa shape index (κ2) is 6.27. The number of imide groups is 1. The van der Waals surface area contributed by atoms with Gasteiger partial charge in [0.05, 0.1) is 24.6 Å². The predicted octanol–water partition coefficient (Wildman–Crippen LogP) is 0.988. The number of methoxy groups -OCH3 is 1. The average Bonchev–Trinajstić information content (AvgIpc) is 3.37. The van der Waals surface area contributed by atoms with Gasteiger partial charge in [0, 0.05) is 25.5 Å². The fraction of sp³-hybridized carbons (Fsp3) is 0.400. The highest BCUT2D eigenvalue weighted by atomic mass is 16.5. The fourth-order valence-corrected chi connectivity index (χ4v) is 4.52. The van der Waals surface area contributed by atoms with E-state index in [1.54, 1.807) is 17.8 Å². The summed E-state index contributed by atoms with van der Waals surface area (Å²) in [5, 5.41) is 7.48. The molecule has 3 heterocycles. The molecule has 2 fully saturated rings.